The van der Waals surface area contributed by atoms with Gasteiger partial charge in [-0.2, -0.15) is 0 Å². The lowest BCUT2D eigenvalue weighted by Crippen LogP contribution is -2.46. The highest BCUT2D eigenvalue weighted by Gasteiger charge is 2.33. The summed E-state index contributed by atoms with van der Waals surface area (Å²) >= 11 is 0. The van der Waals surface area contributed by atoms with E-state index >= 15 is 0 Å². The van der Waals surface area contributed by atoms with Gasteiger partial charge in [0.05, 0.1) is 12.9 Å². The largest absolute Gasteiger partial charge is 0.493 e. The van der Waals surface area contributed by atoms with Gasteiger partial charge in [0.15, 0.2) is 0 Å². The average molecular weight is 234 g/mol. The number of hydrogen-bond acceptors (Lipinski definition) is 6. The quantitative estimate of drug-likeness (QED) is 0.619. The number of ether oxygens (including phenoxy) is 5. The number of aliphatic hydroxyl groups is 1. The Balaban J connectivity index is 2.54. The van der Waals surface area contributed by atoms with Crippen LogP contribution in [-0.4, -0.2) is 57.8 Å². The van der Waals surface area contributed by atoms with Crippen LogP contribution < -0.4 is 0 Å². The van der Waals surface area contributed by atoms with Crippen molar-refractivity contribution < 1.29 is 28.8 Å². The van der Waals surface area contributed by atoms with Crippen LogP contribution in [0.15, 0.2) is 12.3 Å². The maximum absolute atomic E-state index is 9.14. The molecule has 0 bridgehead atoms. The molecule has 0 aromatic carbocycles. The van der Waals surface area contributed by atoms with Gasteiger partial charge in [-0.05, 0) is 6.08 Å². The zero-order chi connectivity index (χ0) is 11.8. The normalized spacial score (nSPS) is 29.1. The van der Waals surface area contributed by atoms with Crippen molar-refractivity contribution in [1.29, 1.82) is 0 Å². The lowest BCUT2D eigenvalue weighted by atomic mass is 10.1. The molecule has 0 unspecified atom stereocenters. The third-order valence-electron chi connectivity index (χ3n) is 2.15. The summed E-state index contributed by atoms with van der Waals surface area (Å²) in [6.45, 7) is 0.122. The van der Waals surface area contributed by atoms with Crippen LogP contribution in [0.25, 0.3) is 0 Å². The van der Waals surface area contributed by atoms with Crippen molar-refractivity contribution in [2.24, 2.45) is 0 Å². The molecule has 0 aromatic heterocycles. The molecular weight excluding hydrogens is 216 g/mol. The zero-order valence-electron chi connectivity index (χ0n) is 9.50. The standard InChI is InChI=1S/C10H18O6/c1-12-6-15-8-3-4-14-9(5-11)10(8)16-7-13-2/h3-4,8-11H,5-7H2,1-2H3/t8-,9-,10+/m1/s1. The second-order valence-electron chi connectivity index (χ2n) is 3.26. The maximum Gasteiger partial charge on any atom is 0.150 e. The SMILES string of the molecule is COCO[C@H]1[C@H](OCOC)C=CO[C@@H]1CO. The number of rotatable bonds is 7. The number of methoxy groups -OCH3 is 2. The lowest BCUT2D eigenvalue weighted by Gasteiger charge is -2.33. The molecule has 1 heterocycles. The smallest absolute Gasteiger partial charge is 0.150 e. The summed E-state index contributed by atoms with van der Waals surface area (Å²) in [4.78, 5) is 0. The molecule has 0 aromatic rings. The molecule has 0 spiro atoms. The number of hydrogen-bond donors (Lipinski definition) is 1. The molecule has 1 aliphatic rings. The highest BCUT2D eigenvalue weighted by molar-refractivity contribution is 4.98. The first-order chi connectivity index (χ1) is 7.83. The van der Waals surface area contributed by atoms with Crippen LogP contribution in [-0.2, 0) is 23.7 Å². The Morgan fingerprint density at radius 3 is 2.50 bits per heavy atom. The van der Waals surface area contributed by atoms with Gasteiger partial charge in [-0.1, -0.05) is 0 Å². The molecule has 1 aliphatic heterocycles. The fourth-order valence-electron chi connectivity index (χ4n) is 1.41. The van der Waals surface area contributed by atoms with E-state index < -0.39 is 12.2 Å². The molecule has 0 saturated carbocycles. The van der Waals surface area contributed by atoms with Crippen molar-refractivity contribution in [3.8, 4) is 0 Å². The topological polar surface area (TPSA) is 66.4 Å². The highest BCUT2D eigenvalue weighted by atomic mass is 16.7. The molecule has 16 heavy (non-hydrogen) atoms. The van der Waals surface area contributed by atoms with Gasteiger partial charge in [-0.3, -0.25) is 0 Å². The summed E-state index contributed by atoms with van der Waals surface area (Å²) in [6.07, 6.45) is 2.02. The van der Waals surface area contributed by atoms with Gasteiger partial charge in [-0.15, -0.1) is 0 Å². The van der Waals surface area contributed by atoms with Crippen LogP contribution in [0.2, 0.25) is 0 Å². The summed E-state index contributed by atoms with van der Waals surface area (Å²) in [5.74, 6) is 0. The monoisotopic (exact) mass is 234 g/mol. The molecule has 0 radical (unpaired) electrons. The van der Waals surface area contributed by atoms with Gasteiger partial charge in [0.2, 0.25) is 0 Å². The fourth-order valence-corrected chi connectivity index (χ4v) is 1.41. The van der Waals surface area contributed by atoms with Crippen LogP contribution in [0.4, 0.5) is 0 Å². The minimum absolute atomic E-state index is 0.116. The summed E-state index contributed by atoms with van der Waals surface area (Å²) in [6, 6.07) is 0. The first-order valence-corrected chi connectivity index (χ1v) is 4.97. The summed E-state index contributed by atoms with van der Waals surface area (Å²) in [5, 5.41) is 9.14. The van der Waals surface area contributed by atoms with Crippen LogP contribution in [0.1, 0.15) is 0 Å². The van der Waals surface area contributed by atoms with E-state index in [-0.39, 0.29) is 26.3 Å². The molecule has 6 nitrogen and oxygen atoms in total. The van der Waals surface area contributed by atoms with E-state index in [1.54, 1.807) is 6.08 Å². The lowest BCUT2D eigenvalue weighted by molar-refractivity contribution is -0.186. The molecule has 0 saturated heterocycles. The van der Waals surface area contributed by atoms with E-state index in [0.29, 0.717) is 0 Å². The highest BCUT2D eigenvalue weighted by Crippen LogP contribution is 2.18. The van der Waals surface area contributed by atoms with Gasteiger partial charge >= 0.3 is 0 Å². The molecule has 0 fully saturated rings. The van der Waals surface area contributed by atoms with Gasteiger partial charge in [0, 0.05) is 14.2 Å². The van der Waals surface area contributed by atoms with E-state index in [9.17, 15) is 0 Å². The van der Waals surface area contributed by atoms with Crippen molar-refractivity contribution in [3.63, 3.8) is 0 Å². The van der Waals surface area contributed by atoms with Crippen molar-refractivity contribution in [2.75, 3.05) is 34.4 Å². The third kappa shape index (κ3) is 3.73. The first kappa shape index (κ1) is 13.4. The second-order valence-corrected chi connectivity index (χ2v) is 3.26. The Morgan fingerprint density at radius 2 is 1.88 bits per heavy atom. The van der Waals surface area contributed by atoms with Crippen LogP contribution in [0.5, 0.6) is 0 Å². The number of aliphatic hydroxyl groups excluding tert-OH is 1. The van der Waals surface area contributed by atoms with E-state index in [1.165, 1.54) is 20.5 Å². The van der Waals surface area contributed by atoms with Crippen molar-refractivity contribution >= 4 is 0 Å². The van der Waals surface area contributed by atoms with Crippen molar-refractivity contribution in [3.05, 3.63) is 12.3 Å². The first-order valence-electron chi connectivity index (χ1n) is 4.97. The molecule has 1 N–H and O–H groups in total. The zero-order valence-corrected chi connectivity index (χ0v) is 9.50. The fraction of sp³-hybridized carbons (Fsp3) is 0.800. The Hall–Kier alpha value is -0.660. The van der Waals surface area contributed by atoms with Gasteiger partial charge in [-0.25, -0.2) is 0 Å². The third-order valence-corrected chi connectivity index (χ3v) is 2.15. The summed E-state index contributed by atoms with van der Waals surface area (Å²) in [5.41, 5.74) is 0. The average Bonchev–Trinajstić information content (AvgIpc) is 2.33. The molecular formula is C10H18O6. The van der Waals surface area contributed by atoms with E-state index in [2.05, 4.69) is 0 Å². The van der Waals surface area contributed by atoms with Gasteiger partial charge in [0.1, 0.15) is 31.9 Å². The second kappa shape index (κ2) is 7.59. The van der Waals surface area contributed by atoms with Crippen LogP contribution >= 0.6 is 0 Å². The minimum atomic E-state index is -0.456. The Morgan fingerprint density at radius 1 is 1.19 bits per heavy atom. The van der Waals surface area contributed by atoms with Crippen molar-refractivity contribution in [2.45, 2.75) is 18.3 Å². The van der Waals surface area contributed by atoms with Crippen molar-refractivity contribution in [1.82, 2.24) is 0 Å². The van der Waals surface area contributed by atoms with Gasteiger partial charge < -0.3 is 28.8 Å². The Labute approximate surface area is 94.7 Å². The summed E-state index contributed by atoms with van der Waals surface area (Å²) in [7, 11) is 3.07. The molecule has 0 aliphatic carbocycles. The molecule has 94 valence electrons. The molecule has 3 atom stereocenters. The summed E-state index contributed by atoms with van der Waals surface area (Å²) < 4.78 is 25.7. The van der Waals surface area contributed by atoms with E-state index in [0.717, 1.165) is 0 Å². The minimum Gasteiger partial charge on any atom is -0.493 e. The maximum atomic E-state index is 9.14. The van der Waals surface area contributed by atoms with E-state index in [1.807, 2.05) is 0 Å². The van der Waals surface area contributed by atoms with Crippen LogP contribution in [0, 0.1) is 0 Å². The Kier molecular flexibility index (Phi) is 6.36. The van der Waals surface area contributed by atoms with Gasteiger partial charge in [0.25, 0.3) is 0 Å². The molecule has 1 rings (SSSR count). The predicted octanol–water partition coefficient (Wildman–Crippen LogP) is -0.131. The molecule has 0 amide bonds. The Bertz CT molecular complexity index is 207. The van der Waals surface area contributed by atoms with Crippen LogP contribution in [0.3, 0.4) is 0 Å². The predicted molar refractivity (Wildman–Crippen MR) is 54.6 cm³/mol. The van der Waals surface area contributed by atoms with E-state index in [4.69, 9.17) is 28.8 Å². The molecule has 6 heteroatoms.